The molecule has 0 aliphatic heterocycles. The van der Waals surface area contributed by atoms with Gasteiger partial charge in [0.25, 0.3) is 0 Å². The Morgan fingerprint density at radius 3 is 2.28 bits per heavy atom. The quantitative estimate of drug-likeness (QED) is 0.878. The highest BCUT2D eigenvalue weighted by Crippen LogP contribution is 2.69. The molecular formula is C15H20ClFO. The number of hydrogen-bond donors (Lipinski definition) is 1. The van der Waals surface area contributed by atoms with Crippen LogP contribution in [-0.2, 0) is 6.42 Å². The molecule has 0 radical (unpaired) electrons. The van der Waals surface area contributed by atoms with Gasteiger partial charge >= 0.3 is 0 Å². The summed E-state index contributed by atoms with van der Waals surface area (Å²) in [4.78, 5) is 0. The van der Waals surface area contributed by atoms with E-state index in [0.717, 1.165) is 5.56 Å². The first kappa shape index (κ1) is 13.8. The van der Waals surface area contributed by atoms with E-state index in [1.807, 2.05) is 0 Å². The van der Waals surface area contributed by atoms with E-state index in [4.69, 9.17) is 11.6 Å². The molecule has 1 atom stereocenters. The van der Waals surface area contributed by atoms with Crippen LogP contribution in [0.1, 0.15) is 33.3 Å². The van der Waals surface area contributed by atoms with Crippen LogP contribution in [0, 0.1) is 22.6 Å². The normalized spacial score (nSPS) is 22.8. The first-order valence-electron chi connectivity index (χ1n) is 6.30. The van der Waals surface area contributed by atoms with Crippen molar-refractivity contribution in [1.29, 1.82) is 0 Å². The van der Waals surface area contributed by atoms with Gasteiger partial charge in [0, 0.05) is 0 Å². The molecule has 1 aliphatic rings. The van der Waals surface area contributed by atoms with Crippen molar-refractivity contribution in [2.75, 3.05) is 0 Å². The zero-order chi connectivity index (χ0) is 13.7. The van der Waals surface area contributed by atoms with Gasteiger partial charge in [0.05, 0.1) is 11.1 Å². The Hall–Kier alpha value is -0.600. The molecule has 0 spiro atoms. The Morgan fingerprint density at radius 2 is 1.83 bits per heavy atom. The molecule has 1 aromatic carbocycles. The van der Waals surface area contributed by atoms with Gasteiger partial charge in [-0.3, -0.25) is 0 Å². The zero-order valence-corrected chi connectivity index (χ0v) is 12.1. The molecule has 1 saturated carbocycles. The van der Waals surface area contributed by atoms with Gasteiger partial charge < -0.3 is 5.11 Å². The Morgan fingerprint density at radius 1 is 1.28 bits per heavy atom. The van der Waals surface area contributed by atoms with Crippen LogP contribution in [0.5, 0.6) is 0 Å². The van der Waals surface area contributed by atoms with Crippen LogP contribution >= 0.6 is 11.6 Å². The third-order valence-corrected chi connectivity index (χ3v) is 5.24. The molecule has 1 nitrogen and oxygen atoms in total. The Balaban J connectivity index is 2.09. The lowest BCUT2D eigenvalue weighted by molar-refractivity contribution is 0.129. The molecule has 0 bridgehead atoms. The van der Waals surface area contributed by atoms with Crippen molar-refractivity contribution in [2.45, 2.75) is 40.2 Å². The highest BCUT2D eigenvalue weighted by molar-refractivity contribution is 6.30. The minimum Gasteiger partial charge on any atom is -0.392 e. The Kier molecular flexibility index (Phi) is 3.23. The van der Waals surface area contributed by atoms with Crippen LogP contribution in [0.3, 0.4) is 0 Å². The third-order valence-electron chi connectivity index (χ3n) is 4.95. The average molecular weight is 271 g/mol. The molecule has 0 aromatic heterocycles. The van der Waals surface area contributed by atoms with Crippen LogP contribution in [-0.4, -0.2) is 11.2 Å². The van der Waals surface area contributed by atoms with Crippen molar-refractivity contribution in [2.24, 2.45) is 16.7 Å². The molecule has 1 unspecified atom stereocenters. The van der Waals surface area contributed by atoms with Crippen LogP contribution in [0.15, 0.2) is 18.2 Å². The molecule has 1 aliphatic carbocycles. The van der Waals surface area contributed by atoms with Gasteiger partial charge in [-0.1, -0.05) is 45.4 Å². The standard InChI is InChI=1S/C15H20ClFO/c1-14(2)13(15(14,3)4)12(18)8-9-5-6-11(17)10(16)7-9/h5-7,12-13,18H,8H2,1-4H3. The third kappa shape index (κ3) is 2.06. The molecule has 2 rings (SSSR count). The second-order valence-corrected chi connectivity index (χ2v) is 6.85. The molecule has 18 heavy (non-hydrogen) atoms. The minimum atomic E-state index is -0.415. The predicted molar refractivity (Wildman–Crippen MR) is 72.2 cm³/mol. The molecule has 1 fully saturated rings. The zero-order valence-electron chi connectivity index (χ0n) is 11.3. The van der Waals surface area contributed by atoms with Crippen molar-refractivity contribution < 1.29 is 9.50 Å². The number of halogens is 2. The number of hydrogen-bond acceptors (Lipinski definition) is 1. The van der Waals surface area contributed by atoms with Crippen molar-refractivity contribution >= 4 is 11.6 Å². The maximum absolute atomic E-state index is 13.1. The SMILES string of the molecule is CC1(C)C(C(O)Cc2ccc(F)c(Cl)c2)C1(C)C. The summed E-state index contributed by atoms with van der Waals surface area (Å²) in [7, 11) is 0. The fourth-order valence-electron chi connectivity index (χ4n) is 3.24. The summed E-state index contributed by atoms with van der Waals surface area (Å²) in [6.45, 7) is 8.72. The van der Waals surface area contributed by atoms with Crippen molar-refractivity contribution in [3.05, 3.63) is 34.6 Å². The average Bonchev–Trinajstić information content (AvgIpc) is 2.63. The van der Waals surface area contributed by atoms with Gasteiger partial charge in [-0.05, 0) is 40.9 Å². The second kappa shape index (κ2) is 4.21. The lowest BCUT2D eigenvalue weighted by Gasteiger charge is -2.13. The summed E-state index contributed by atoms with van der Waals surface area (Å²) >= 11 is 5.75. The van der Waals surface area contributed by atoms with Gasteiger partial charge in [0.2, 0.25) is 0 Å². The largest absolute Gasteiger partial charge is 0.392 e. The highest BCUT2D eigenvalue weighted by atomic mass is 35.5. The first-order valence-corrected chi connectivity index (χ1v) is 6.67. The lowest BCUT2D eigenvalue weighted by Crippen LogP contribution is -2.17. The van der Waals surface area contributed by atoms with E-state index in [0.29, 0.717) is 6.42 Å². The van der Waals surface area contributed by atoms with E-state index < -0.39 is 11.9 Å². The van der Waals surface area contributed by atoms with Crippen LogP contribution in [0.2, 0.25) is 5.02 Å². The van der Waals surface area contributed by atoms with Gasteiger partial charge in [-0.2, -0.15) is 0 Å². The molecule has 3 heteroatoms. The highest BCUT2D eigenvalue weighted by Gasteiger charge is 2.66. The fraction of sp³-hybridized carbons (Fsp3) is 0.600. The molecule has 100 valence electrons. The van der Waals surface area contributed by atoms with E-state index in [2.05, 4.69) is 27.7 Å². The van der Waals surface area contributed by atoms with Crippen molar-refractivity contribution in [3.8, 4) is 0 Å². The second-order valence-electron chi connectivity index (χ2n) is 6.44. The fourth-order valence-corrected chi connectivity index (χ4v) is 3.44. The summed E-state index contributed by atoms with van der Waals surface area (Å²) in [5, 5.41) is 10.5. The van der Waals surface area contributed by atoms with Crippen LogP contribution in [0.25, 0.3) is 0 Å². The Labute approximate surface area is 113 Å². The maximum Gasteiger partial charge on any atom is 0.141 e. The van der Waals surface area contributed by atoms with E-state index in [9.17, 15) is 9.50 Å². The summed E-state index contributed by atoms with van der Waals surface area (Å²) in [5.41, 5.74) is 1.18. The van der Waals surface area contributed by atoms with Gasteiger partial charge in [0.15, 0.2) is 0 Å². The molecular weight excluding hydrogens is 251 g/mol. The van der Waals surface area contributed by atoms with Gasteiger partial charge in [-0.25, -0.2) is 4.39 Å². The molecule has 0 amide bonds. The summed E-state index contributed by atoms with van der Waals surface area (Å²) < 4.78 is 13.1. The maximum atomic E-state index is 13.1. The minimum absolute atomic E-state index is 0.119. The van der Waals surface area contributed by atoms with E-state index in [-0.39, 0.29) is 21.8 Å². The predicted octanol–water partition coefficient (Wildman–Crippen LogP) is 4.06. The van der Waals surface area contributed by atoms with E-state index in [1.54, 1.807) is 12.1 Å². The molecule has 0 saturated heterocycles. The van der Waals surface area contributed by atoms with Crippen LogP contribution < -0.4 is 0 Å². The first-order chi connectivity index (χ1) is 8.18. The van der Waals surface area contributed by atoms with Crippen molar-refractivity contribution in [3.63, 3.8) is 0 Å². The number of benzene rings is 1. The lowest BCUT2D eigenvalue weighted by atomic mass is 9.99. The summed E-state index contributed by atoms with van der Waals surface area (Å²) in [6.07, 6.45) is 0.119. The van der Waals surface area contributed by atoms with Crippen molar-refractivity contribution in [1.82, 2.24) is 0 Å². The molecule has 1 aromatic rings. The summed E-state index contributed by atoms with van der Waals surface area (Å²) in [5.74, 6) is -0.143. The van der Waals surface area contributed by atoms with Crippen LogP contribution in [0.4, 0.5) is 4.39 Å². The summed E-state index contributed by atoms with van der Waals surface area (Å²) in [6, 6.07) is 4.64. The van der Waals surface area contributed by atoms with Gasteiger partial charge in [-0.15, -0.1) is 0 Å². The topological polar surface area (TPSA) is 20.2 Å². The smallest absolute Gasteiger partial charge is 0.141 e. The van der Waals surface area contributed by atoms with Gasteiger partial charge in [0.1, 0.15) is 5.82 Å². The number of aliphatic hydroxyl groups is 1. The Bertz CT molecular complexity index is 454. The molecule has 0 heterocycles. The number of aliphatic hydroxyl groups excluding tert-OH is 1. The number of rotatable bonds is 3. The van der Waals surface area contributed by atoms with E-state index >= 15 is 0 Å². The monoisotopic (exact) mass is 270 g/mol. The van der Waals surface area contributed by atoms with E-state index in [1.165, 1.54) is 6.07 Å². The molecule has 1 N–H and O–H groups in total.